The van der Waals surface area contributed by atoms with Gasteiger partial charge in [0.2, 0.25) is 0 Å². The molecule has 0 saturated heterocycles. The third kappa shape index (κ3) is 6.25. The Morgan fingerprint density at radius 1 is 0.968 bits per heavy atom. The number of carbonyl (C=O) groups excluding carboxylic acids is 1. The first-order chi connectivity index (χ1) is 14.9. The molecule has 0 aliphatic heterocycles. The molecule has 0 aliphatic rings. The van der Waals surface area contributed by atoms with Gasteiger partial charge in [0.15, 0.2) is 0 Å². The van der Waals surface area contributed by atoms with Crippen LogP contribution in [0, 0.1) is 10.1 Å². The van der Waals surface area contributed by atoms with Crippen molar-refractivity contribution in [2.45, 2.75) is 6.92 Å². The molecule has 2 N–H and O–H groups in total. The van der Waals surface area contributed by atoms with Gasteiger partial charge in [-0.2, -0.15) is 0 Å². The van der Waals surface area contributed by atoms with Crippen LogP contribution in [0.5, 0.6) is 11.5 Å². The van der Waals surface area contributed by atoms with Gasteiger partial charge in [0.05, 0.1) is 11.5 Å². The van der Waals surface area contributed by atoms with Gasteiger partial charge in [0.25, 0.3) is 16.8 Å². The van der Waals surface area contributed by atoms with Gasteiger partial charge < -0.3 is 20.1 Å². The Balaban J connectivity index is 1.56. The summed E-state index contributed by atoms with van der Waals surface area (Å²) in [5.74, 6) is 0.816. The minimum atomic E-state index is -0.522. The van der Waals surface area contributed by atoms with E-state index in [1.165, 1.54) is 18.2 Å². The fourth-order valence-corrected chi connectivity index (χ4v) is 2.84. The number of nitro benzene ring substituents is 1. The predicted octanol–water partition coefficient (Wildman–Crippen LogP) is 5.02. The number of ether oxygens (including phenoxy) is 2. The largest absolute Gasteiger partial charge is 0.494 e. The Bertz CT molecular complexity index is 1090. The van der Waals surface area contributed by atoms with E-state index in [2.05, 4.69) is 10.6 Å². The summed E-state index contributed by atoms with van der Waals surface area (Å²) in [4.78, 5) is 22.7. The first-order valence-corrected chi connectivity index (χ1v) is 9.73. The van der Waals surface area contributed by atoms with Crippen LogP contribution < -0.4 is 20.1 Å². The van der Waals surface area contributed by atoms with E-state index in [0.717, 1.165) is 11.4 Å². The molecule has 0 atom stereocenters. The average molecular weight is 437 g/mol. The summed E-state index contributed by atoms with van der Waals surface area (Å²) in [7, 11) is 0. The van der Waals surface area contributed by atoms with Gasteiger partial charge in [-0.15, -0.1) is 0 Å². The number of hydrogen-bond donors (Lipinski definition) is 2. The maximum Gasteiger partial charge on any atom is 0.271 e. The van der Waals surface area contributed by atoms with Crippen LogP contribution in [-0.4, -0.2) is 22.6 Å². The number of carbonyl (C=O) groups is 1. The standard InChI is InChI=1S/C22H19N3O5S/c1-2-29-19-12-8-16(9-13-19)24-22(31)30-20-10-6-15(7-11-20)21(26)23-17-4-3-5-18(14-17)25(27)28/h3-14H,2H2,1H3,(H,23,26)(H,24,31). The smallest absolute Gasteiger partial charge is 0.271 e. The van der Waals surface area contributed by atoms with Gasteiger partial charge in [0, 0.05) is 29.1 Å². The van der Waals surface area contributed by atoms with Crippen molar-refractivity contribution in [2.24, 2.45) is 0 Å². The lowest BCUT2D eigenvalue weighted by molar-refractivity contribution is -0.384. The SMILES string of the molecule is CCOc1ccc(NC(=S)Oc2ccc(C(=O)Nc3cccc([N+](=O)[O-])c3)cc2)cc1. The maximum atomic E-state index is 12.4. The van der Waals surface area contributed by atoms with Crippen molar-refractivity contribution in [1.29, 1.82) is 0 Å². The zero-order chi connectivity index (χ0) is 22.2. The van der Waals surface area contributed by atoms with E-state index in [0.29, 0.717) is 23.6 Å². The van der Waals surface area contributed by atoms with Gasteiger partial charge in [-0.25, -0.2) is 0 Å². The molecule has 9 heteroatoms. The molecule has 0 unspecified atom stereocenters. The van der Waals surface area contributed by atoms with E-state index >= 15 is 0 Å². The highest BCUT2D eigenvalue weighted by Crippen LogP contribution is 2.20. The van der Waals surface area contributed by atoms with Crippen LogP contribution >= 0.6 is 12.2 Å². The van der Waals surface area contributed by atoms with E-state index in [1.54, 1.807) is 30.3 Å². The third-order valence-electron chi connectivity index (χ3n) is 4.05. The Hall–Kier alpha value is -3.98. The van der Waals surface area contributed by atoms with Gasteiger partial charge >= 0.3 is 0 Å². The molecule has 0 aliphatic carbocycles. The molecule has 0 radical (unpaired) electrons. The van der Waals surface area contributed by atoms with Gasteiger partial charge in [-0.05, 0) is 73.7 Å². The summed E-state index contributed by atoms with van der Waals surface area (Å²) < 4.78 is 11.0. The van der Waals surface area contributed by atoms with Crippen LogP contribution in [0.2, 0.25) is 0 Å². The molecule has 3 aromatic carbocycles. The lowest BCUT2D eigenvalue weighted by atomic mass is 10.2. The number of nitrogens with zero attached hydrogens (tertiary/aromatic N) is 1. The summed E-state index contributed by atoms with van der Waals surface area (Å²) in [6, 6.07) is 19.4. The van der Waals surface area contributed by atoms with E-state index in [4.69, 9.17) is 21.7 Å². The summed E-state index contributed by atoms with van der Waals surface area (Å²) in [5, 5.41) is 16.6. The second kappa shape index (κ2) is 10.2. The van der Waals surface area contributed by atoms with Crippen molar-refractivity contribution in [2.75, 3.05) is 17.2 Å². The number of nitro groups is 1. The molecule has 158 valence electrons. The zero-order valence-corrected chi connectivity index (χ0v) is 17.3. The quantitative estimate of drug-likeness (QED) is 0.304. The average Bonchev–Trinajstić information content (AvgIpc) is 2.76. The Labute approximate surface area is 184 Å². The molecule has 3 rings (SSSR count). The normalized spacial score (nSPS) is 10.1. The molecule has 0 heterocycles. The minimum Gasteiger partial charge on any atom is -0.494 e. The summed E-state index contributed by atoms with van der Waals surface area (Å²) >= 11 is 5.21. The van der Waals surface area contributed by atoms with Crippen LogP contribution in [0.3, 0.4) is 0 Å². The van der Waals surface area contributed by atoms with Crippen molar-refractivity contribution in [3.05, 3.63) is 88.5 Å². The zero-order valence-electron chi connectivity index (χ0n) is 16.5. The highest BCUT2D eigenvalue weighted by molar-refractivity contribution is 7.80. The number of amides is 1. The summed E-state index contributed by atoms with van der Waals surface area (Å²) in [6.07, 6.45) is 0. The Morgan fingerprint density at radius 2 is 1.65 bits per heavy atom. The van der Waals surface area contributed by atoms with Crippen molar-refractivity contribution in [3.8, 4) is 11.5 Å². The van der Waals surface area contributed by atoms with Crippen molar-refractivity contribution in [1.82, 2.24) is 0 Å². The highest BCUT2D eigenvalue weighted by atomic mass is 32.1. The topological polar surface area (TPSA) is 103 Å². The molecule has 0 aromatic heterocycles. The summed E-state index contributed by atoms with van der Waals surface area (Å²) in [6.45, 7) is 2.51. The second-order valence-corrected chi connectivity index (χ2v) is 6.63. The van der Waals surface area contributed by atoms with Gasteiger partial charge in [-0.1, -0.05) is 6.07 Å². The number of hydrogen-bond acceptors (Lipinski definition) is 6. The number of non-ortho nitro benzene ring substituents is 1. The van der Waals surface area contributed by atoms with Crippen LogP contribution in [0.1, 0.15) is 17.3 Å². The number of nitrogens with one attached hydrogen (secondary N) is 2. The molecular formula is C22H19N3O5S. The fourth-order valence-electron chi connectivity index (χ4n) is 2.63. The molecular weight excluding hydrogens is 418 g/mol. The van der Waals surface area contributed by atoms with Crippen LogP contribution in [0.15, 0.2) is 72.8 Å². The molecule has 0 bridgehead atoms. The van der Waals surface area contributed by atoms with Crippen molar-refractivity contribution in [3.63, 3.8) is 0 Å². The lowest BCUT2D eigenvalue weighted by Crippen LogP contribution is -2.16. The lowest BCUT2D eigenvalue weighted by Gasteiger charge is -2.11. The van der Waals surface area contributed by atoms with Gasteiger partial charge in [0.1, 0.15) is 11.5 Å². The molecule has 3 aromatic rings. The predicted molar refractivity (Wildman–Crippen MR) is 122 cm³/mol. The fraction of sp³-hybridized carbons (Fsp3) is 0.0909. The number of anilines is 2. The highest BCUT2D eigenvalue weighted by Gasteiger charge is 2.10. The molecule has 0 spiro atoms. The second-order valence-electron chi connectivity index (χ2n) is 6.26. The monoisotopic (exact) mass is 437 g/mol. The van der Waals surface area contributed by atoms with Crippen LogP contribution in [0.25, 0.3) is 0 Å². The first kappa shape index (κ1) is 21.7. The first-order valence-electron chi connectivity index (χ1n) is 9.32. The Kier molecular flexibility index (Phi) is 7.13. The molecule has 0 saturated carbocycles. The van der Waals surface area contributed by atoms with E-state index in [9.17, 15) is 14.9 Å². The van der Waals surface area contributed by atoms with Crippen molar-refractivity contribution < 1.29 is 19.2 Å². The van der Waals surface area contributed by atoms with Crippen molar-refractivity contribution >= 4 is 40.4 Å². The number of thiocarbonyl (C=S) groups is 1. The number of rotatable bonds is 7. The molecule has 1 amide bonds. The Morgan fingerprint density at radius 3 is 2.29 bits per heavy atom. The van der Waals surface area contributed by atoms with Gasteiger partial charge in [-0.3, -0.25) is 14.9 Å². The maximum absolute atomic E-state index is 12.4. The van der Waals surface area contributed by atoms with Crippen LogP contribution in [0.4, 0.5) is 17.1 Å². The summed E-state index contributed by atoms with van der Waals surface area (Å²) in [5.41, 5.74) is 1.35. The van der Waals surface area contributed by atoms with E-state index in [1.807, 2.05) is 31.2 Å². The van der Waals surface area contributed by atoms with Crippen LogP contribution in [-0.2, 0) is 0 Å². The third-order valence-corrected chi connectivity index (χ3v) is 4.24. The molecule has 8 nitrogen and oxygen atoms in total. The molecule has 0 fully saturated rings. The van der Waals surface area contributed by atoms with E-state index < -0.39 is 10.8 Å². The van der Waals surface area contributed by atoms with E-state index in [-0.39, 0.29) is 10.9 Å². The molecule has 31 heavy (non-hydrogen) atoms. The minimum absolute atomic E-state index is 0.102. The number of benzene rings is 3.